The smallest absolute Gasteiger partial charge is 0.123 e. The highest BCUT2D eigenvalue weighted by Crippen LogP contribution is 2.17. The number of hydrogen-bond acceptors (Lipinski definition) is 1. The van der Waals surface area contributed by atoms with Gasteiger partial charge in [-0.1, -0.05) is 34.8 Å². The molecule has 0 aliphatic carbocycles. The van der Waals surface area contributed by atoms with E-state index in [4.69, 9.17) is 51.1 Å². The molecule has 0 saturated heterocycles. The van der Waals surface area contributed by atoms with Crippen molar-refractivity contribution in [2.24, 2.45) is 0 Å². The van der Waals surface area contributed by atoms with Gasteiger partial charge in [-0.05, 0) is 0 Å². The minimum Gasteiger partial charge on any atom is -0.375 e. The Morgan fingerprint density at radius 3 is 2.20 bits per heavy atom. The van der Waals surface area contributed by atoms with E-state index >= 15 is 0 Å². The van der Waals surface area contributed by atoms with Crippen LogP contribution in [0.4, 0.5) is 0 Å². The van der Waals surface area contributed by atoms with Gasteiger partial charge in [-0.25, -0.2) is 0 Å². The summed E-state index contributed by atoms with van der Waals surface area (Å²) in [6.45, 7) is 0.662. The Morgan fingerprint density at radius 2 is 1.80 bits per heavy atom. The van der Waals surface area contributed by atoms with Crippen LogP contribution in [0.2, 0.25) is 0 Å². The summed E-state index contributed by atoms with van der Waals surface area (Å²) in [6.07, 6.45) is 0. The van der Waals surface area contributed by atoms with Crippen LogP contribution >= 0.6 is 46.4 Å². The van der Waals surface area contributed by atoms with Crippen molar-refractivity contribution in [2.75, 3.05) is 19.1 Å². The third kappa shape index (κ3) is 5.63. The van der Waals surface area contributed by atoms with E-state index in [0.29, 0.717) is 17.5 Å². The summed E-state index contributed by atoms with van der Waals surface area (Å²) in [5, 5.41) is 0.299. The minimum absolute atomic E-state index is 0.0382. The molecule has 0 radical (unpaired) electrons. The lowest BCUT2D eigenvalue weighted by molar-refractivity contribution is 0.177. The van der Waals surface area contributed by atoms with E-state index in [1.807, 2.05) is 0 Å². The SMILES string of the molecule is ClCCOCC(Cl)=C(Cl)Cl. The standard InChI is InChI=1S/C5H6Cl4O/c6-1-2-10-3-4(7)5(8)9/h1-3H2. The molecule has 1 nitrogen and oxygen atoms in total. The van der Waals surface area contributed by atoms with Crippen molar-refractivity contribution >= 4 is 46.4 Å². The van der Waals surface area contributed by atoms with Gasteiger partial charge in [-0.2, -0.15) is 0 Å². The van der Waals surface area contributed by atoms with Gasteiger partial charge in [-0.3, -0.25) is 0 Å². The van der Waals surface area contributed by atoms with Crippen LogP contribution in [-0.2, 0) is 4.74 Å². The molecule has 0 amide bonds. The van der Waals surface area contributed by atoms with Crippen LogP contribution in [0.1, 0.15) is 0 Å². The Labute approximate surface area is 79.8 Å². The lowest BCUT2D eigenvalue weighted by Gasteiger charge is -1.98. The molecule has 0 aromatic rings. The summed E-state index contributed by atoms with van der Waals surface area (Å²) in [4.78, 5) is 0. The van der Waals surface area contributed by atoms with Crippen LogP contribution in [0.15, 0.2) is 9.52 Å². The van der Waals surface area contributed by atoms with Crippen LogP contribution in [0.5, 0.6) is 0 Å². The fourth-order valence-electron chi connectivity index (χ4n) is 0.271. The third-order valence-corrected chi connectivity index (χ3v) is 1.76. The van der Waals surface area contributed by atoms with Crippen molar-refractivity contribution in [2.45, 2.75) is 0 Å². The highest BCUT2D eigenvalue weighted by molar-refractivity contribution is 6.59. The first kappa shape index (κ1) is 10.9. The first-order valence-corrected chi connectivity index (χ1v) is 4.18. The first-order valence-electron chi connectivity index (χ1n) is 2.52. The van der Waals surface area contributed by atoms with E-state index in [2.05, 4.69) is 0 Å². The van der Waals surface area contributed by atoms with Crippen molar-refractivity contribution < 1.29 is 4.74 Å². The fraction of sp³-hybridized carbons (Fsp3) is 0.600. The molecule has 0 heterocycles. The summed E-state index contributed by atoms with van der Waals surface area (Å²) in [6, 6.07) is 0. The molecule has 0 saturated carbocycles. The number of alkyl halides is 1. The Kier molecular flexibility index (Phi) is 7.13. The maximum absolute atomic E-state index is 5.50. The fourth-order valence-corrected chi connectivity index (χ4v) is 0.566. The second kappa shape index (κ2) is 6.56. The third-order valence-electron chi connectivity index (χ3n) is 0.655. The normalized spacial score (nSPS) is 9.60. The summed E-state index contributed by atoms with van der Waals surface area (Å²) in [5.41, 5.74) is 0. The van der Waals surface area contributed by atoms with Crippen LogP contribution in [0.25, 0.3) is 0 Å². The lowest BCUT2D eigenvalue weighted by atomic mass is 10.7. The Bertz CT molecular complexity index is 119. The molecule has 5 heteroatoms. The lowest BCUT2D eigenvalue weighted by Crippen LogP contribution is -1.97. The maximum Gasteiger partial charge on any atom is 0.123 e. The van der Waals surface area contributed by atoms with Gasteiger partial charge in [0.1, 0.15) is 4.49 Å². The topological polar surface area (TPSA) is 9.23 Å². The van der Waals surface area contributed by atoms with Crippen LogP contribution in [-0.4, -0.2) is 19.1 Å². The molecule has 60 valence electrons. The van der Waals surface area contributed by atoms with Crippen LogP contribution in [0.3, 0.4) is 0 Å². The summed E-state index contributed by atoms with van der Waals surface area (Å²) >= 11 is 21.4. The van der Waals surface area contributed by atoms with Gasteiger partial charge < -0.3 is 4.74 Å². The highest BCUT2D eigenvalue weighted by Gasteiger charge is 1.97. The molecule has 0 fully saturated rings. The molecule has 0 rings (SSSR count). The molecule has 0 aliphatic heterocycles. The maximum atomic E-state index is 5.50. The Morgan fingerprint density at radius 1 is 1.20 bits per heavy atom. The molecule has 0 unspecified atom stereocenters. The average Bonchev–Trinajstić information content (AvgIpc) is 1.88. The van der Waals surface area contributed by atoms with E-state index in [1.54, 1.807) is 0 Å². The van der Waals surface area contributed by atoms with Gasteiger partial charge in [0.05, 0.1) is 18.2 Å². The number of rotatable bonds is 4. The minimum atomic E-state index is 0.0382. The number of hydrogen-bond donors (Lipinski definition) is 0. The zero-order valence-corrected chi connectivity index (χ0v) is 8.07. The molecule has 0 spiro atoms. The molecular weight excluding hydrogens is 218 g/mol. The number of halogens is 4. The predicted molar refractivity (Wildman–Crippen MR) is 46.1 cm³/mol. The van der Waals surface area contributed by atoms with Gasteiger partial charge in [0.15, 0.2) is 0 Å². The predicted octanol–water partition coefficient (Wildman–Crippen LogP) is 3.13. The zero-order valence-electron chi connectivity index (χ0n) is 5.04. The summed E-state index contributed by atoms with van der Waals surface area (Å²) in [7, 11) is 0. The largest absolute Gasteiger partial charge is 0.375 e. The van der Waals surface area contributed by atoms with Gasteiger partial charge in [0.25, 0.3) is 0 Å². The van der Waals surface area contributed by atoms with Gasteiger partial charge >= 0.3 is 0 Å². The van der Waals surface area contributed by atoms with E-state index in [0.717, 1.165) is 0 Å². The zero-order chi connectivity index (χ0) is 7.98. The monoisotopic (exact) mass is 222 g/mol. The molecule has 0 atom stereocenters. The van der Waals surface area contributed by atoms with Crippen LogP contribution in [0, 0.1) is 0 Å². The van der Waals surface area contributed by atoms with Crippen molar-refractivity contribution in [1.29, 1.82) is 0 Å². The van der Waals surface area contributed by atoms with E-state index < -0.39 is 0 Å². The van der Waals surface area contributed by atoms with Gasteiger partial charge in [0.2, 0.25) is 0 Å². The van der Waals surface area contributed by atoms with E-state index in [-0.39, 0.29) is 11.1 Å². The van der Waals surface area contributed by atoms with Crippen molar-refractivity contribution in [3.63, 3.8) is 0 Å². The summed E-state index contributed by atoms with van der Waals surface area (Å²) < 4.78 is 4.95. The van der Waals surface area contributed by atoms with Crippen molar-refractivity contribution in [1.82, 2.24) is 0 Å². The van der Waals surface area contributed by atoms with E-state index in [9.17, 15) is 0 Å². The summed E-state index contributed by atoms with van der Waals surface area (Å²) in [5.74, 6) is 0.435. The Balaban J connectivity index is 3.40. The van der Waals surface area contributed by atoms with Crippen molar-refractivity contribution in [3.8, 4) is 0 Å². The van der Waals surface area contributed by atoms with Crippen molar-refractivity contribution in [3.05, 3.63) is 9.52 Å². The molecule has 0 bridgehead atoms. The van der Waals surface area contributed by atoms with E-state index in [1.165, 1.54) is 0 Å². The second-order valence-corrected chi connectivity index (χ2v) is 3.19. The molecule has 0 N–H and O–H groups in total. The first-order chi connectivity index (χ1) is 4.68. The highest BCUT2D eigenvalue weighted by atomic mass is 35.5. The molecule has 10 heavy (non-hydrogen) atoms. The number of ether oxygens (including phenoxy) is 1. The second-order valence-electron chi connectivity index (χ2n) is 1.41. The molecule has 0 aliphatic rings. The van der Waals surface area contributed by atoms with Gasteiger partial charge in [0, 0.05) is 5.88 Å². The van der Waals surface area contributed by atoms with Crippen LogP contribution < -0.4 is 0 Å². The Hall–Kier alpha value is 0.860. The molecule has 0 aromatic carbocycles. The van der Waals surface area contributed by atoms with Gasteiger partial charge in [-0.15, -0.1) is 11.6 Å². The molecule has 0 aromatic heterocycles. The quantitative estimate of drug-likeness (QED) is 0.526. The average molecular weight is 224 g/mol. The molecular formula is C5H6Cl4O.